The van der Waals surface area contributed by atoms with Crippen LogP contribution in [-0.2, 0) is 28.4 Å². The molecule has 0 bridgehead atoms. The Bertz CT molecular complexity index is 240. The summed E-state index contributed by atoms with van der Waals surface area (Å²) in [5.74, 6) is -0.466. The first-order valence-corrected chi connectivity index (χ1v) is 7.17. The van der Waals surface area contributed by atoms with Crippen molar-refractivity contribution in [2.24, 2.45) is 5.92 Å². The molecule has 0 spiro atoms. The van der Waals surface area contributed by atoms with Gasteiger partial charge in [-0.05, 0) is 19.8 Å². The molecule has 0 aromatic carbocycles. The van der Waals surface area contributed by atoms with Gasteiger partial charge in [0.2, 0.25) is 0 Å². The number of rotatable bonds is 13. The largest absolute Gasteiger partial charge is 0.384 e. The van der Waals surface area contributed by atoms with Gasteiger partial charge in [0.15, 0.2) is 12.1 Å². The lowest BCUT2D eigenvalue weighted by Gasteiger charge is -2.34. The summed E-state index contributed by atoms with van der Waals surface area (Å²) < 4.78 is 32.3. The van der Waals surface area contributed by atoms with Crippen LogP contribution in [0.25, 0.3) is 0 Å². The van der Waals surface area contributed by atoms with Crippen molar-refractivity contribution in [3.8, 4) is 0 Å². The van der Waals surface area contributed by atoms with Crippen LogP contribution < -0.4 is 0 Å². The predicted octanol–water partition coefficient (Wildman–Crippen LogP) is 2.06. The monoisotopic (exact) mass is 308 g/mol. The summed E-state index contributed by atoms with van der Waals surface area (Å²) in [7, 11) is 9.93. The Morgan fingerprint density at radius 1 is 0.810 bits per heavy atom. The minimum atomic E-state index is -0.672. The molecule has 0 N–H and O–H groups in total. The number of hydrogen-bond donors (Lipinski definition) is 0. The molecule has 0 rings (SSSR count). The van der Waals surface area contributed by atoms with Gasteiger partial charge in [0.1, 0.15) is 0 Å². The van der Waals surface area contributed by atoms with Crippen LogP contribution >= 0.6 is 0 Å². The van der Waals surface area contributed by atoms with Gasteiger partial charge in [0.05, 0.1) is 12.7 Å². The first-order chi connectivity index (χ1) is 9.99. The molecular formula is C15H32O6. The molecule has 0 aliphatic carbocycles. The van der Waals surface area contributed by atoms with Gasteiger partial charge in [0, 0.05) is 55.0 Å². The zero-order valence-electron chi connectivity index (χ0n) is 14.5. The van der Waals surface area contributed by atoms with E-state index in [0.29, 0.717) is 13.0 Å². The molecule has 128 valence electrons. The highest BCUT2D eigenvalue weighted by Gasteiger charge is 2.32. The third-order valence-electron chi connectivity index (χ3n) is 3.94. The van der Waals surface area contributed by atoms with Crippen LogP contribution in [-0.4, -0.2) is 67.4 Å². The van der Waals surface area contributed by atoms with Crippen molar-refractivity contribution >= 4 is 0 Å². The molecule has 21 heavy (non-hydrogen) atoms. The molecule has 0 aliphatic rings. The van der Waals surface area contributed by atoms with Crippen LogP contribution in [0.2, 0.25) is 0 Å². The standard InChI is InChI=1S/C15H32O6/c1-15(20-6,21-7)10-13(17-3)12(11-16-2)8-9-14(18-4)19-5/h12-14H,8-11H2,1-7H3. The molecule has 0 fully saturated rings. The van der Waals surface area contributed by atoms with Crippen LogP contribution in [0.3, 0.4) is 0 Å². The normalized spacial score (nSPS) is 15.4. The Kier molecular flexibility index (Phi) is 11.2. The van der Waals surface area contributed by atoms with E-state index in [9.17, 15) is 0 Å². The van der Waals surface area contributed by atoms with Crippen LogP contribution in [0.15, 0.2) is 0 Å². The van der Waals surface area contributed by atoms with Crippen LogP contribution in [0, 0.1) is 5.92 Å². The minimum absolute atomic E-state index is 0.0378. The summed E-state index contributed by atoms with van der Waals surface area (Å²) in [5.41, 5.74) is 0. The molecule has 0 aliphatic heterocycles. The fourth-order valence-corrected chi connectivity index (χ4v) is 2.33. The van der Waals surface area contributed by atoms with Crippen molar-refractivity contribution in [1.29, 1.82) is 0 Å². The second kappa shape index (κ2) is 11.3. The van der Waals surface area contributed by atoms with E-state index in [1.165, 1.54) is 0 Å². The maximum atomic E-state index is 5.64. The molecule has 2 unspecified atom stereocenters. The van der Waals surface area contributed by atoms with Gasteiger partial charge in [-0.15, -0.1) is 0 Å². The van der Waals surface area contributed by atoms with Gasteiger partial charge in [-0.3, -0.25) is 0 Å². The third kappa shape index (κ3) is 7.54. The topological polar surface area (TPSA) is 55.4 Å². The molecule has 6 nitrogen and oxygen atoms in total. The van der Waals surface area contributed by atoms with Crippen LogP contribution in [0.4, 0.5) is 0 Å². The molecule has 0 saturated heterocycles. The first-order valence-electron chi connectivity index (χ1n) is 7.17. The fraction of sp³-hybridized carbons (Fsp3) is 1.00. The fourth-order valence-electron chi connectivity index (χ4n) is 2.33. The predicted molar refractivity (Wildman–Crippen MR) is 80.2 cm³/mol. The van der Waals surface area contributed by atoms with E-state index in [-0.39, 0.29) is 18.3 Å². The molecule has 0 aromatic heterocycles. The van der Waals surface area contributed by atoms with Gasteiger partial charge >= 0.3 is 0 Å². The summed E-state index contributed by atoms with van der Waals surface area (Å²) in [5, 5.41) is 0. The maximum absolute atomic E-state index is 5.64. The highest BCUT2D eigenvalue weighted by Crippen LogP contribution is 2.26. The van der Waals surface area contributed by atoms with Crippen molar-refractivity contribution in [2.45, 2.75) is 44.4 Å². The third-order valence-corrected chi connectivity index (χ3v) is 3.94. The molecule has 0 heterocycles. The summed E-state index contributed by atoms with van der Waals surface area (Å²) in [6, 6.07) is 0. The summed E-state index contributed by atoms with van der Waals surface area (Å²) >= 11 is 0. The first kappa shape index (κ1) is 20.8. The lowest BCUT2D eigenvalue weighted by molar-refractivity contribution is -0.216. The molecule has 0 amide bonds. The number of hydrogen-bond acceptors (Lipinski definition) is 6. The SMILES string of the molecule is COCC(CCC(OC)OC)C(CC(C)(OC)OC)OC. The Balaban J connectivity index is 4.70. The highest BCUT2D eigenvalue weighted by molar-refractivity contribution is 4.77. The Morgan fingerprint density at radius 3 is 1.76 bits per heavy atom. The molecule has 2 atom stereocenters. The van der Waals surface area contributed by atoms with Crippen molar-refractivity contribution < 1.29 is 28.4 Å². The van der Waals surface area contributed by atoms with E-state index < -0.39 is 5.79 Å². The van der Waals surface area contributed by atoms with Gasteiger partial charge in [-0.25, -0.2) is 0 Å². The van der Waals surface area contributed by atoms with E-state index in [1.807, 2.05) is 6.92 Å². The minimum Gasteiger partial charge on any atom is -0.384 e. The summed E-state index contributed by atoms with van der Waals surface area (Å²) in [4.78, 5) is 0. The highest BCUT2D eigenvalue weighted by atomic mass is 16.7. The average molecular weight is 308 g/mol. The lowest BCUT2D eigenvalue weighted by atomic mass is 9.92. The van der Waals surface area contributed by atoms with Gasteiger partial charge in [0.25, 0.3) is 0 Å². The van der Waals surface area contributed by atoms with Gasteiger partial charge in [-0.2, -0.15) is 0 Å². The molecule has 0 saturated carbocycles. The van der Waals surface area contributed by atoms with Gasteiger partial charge < -0.3 is 28.4 Å². The van der Waals surface area contributed by atoms with Crippen molar-refractivity contribution in [2.75, 3.05) is 49.3 Å². The second-order valence-corrected chi connectivity index (χ2v) is 5.21. The van der Waals surface area contributed by atoms with Crippen molar-refractivity contribution in [3.63, 3.8) is 0 Å². The summed E-state index contributed by atoms with van der Waals surface area (Å²) in [6.45, 7) is 2.50. The lowest BCUT2D eigenvalue weighted by Crippen LogP contribution is -2.39. The Labute approximate surface area is 129 Å². The van der Waals surface area contributed by atoms with E-state index >= 15 is 0 Å². The van der Waals surface area contributed by atoms with Crippen LogP contribution in [0.1, 0.15) is 26.2 Å². The van der Waals surface area contributed by atoms with E-state index in [0.717, 1.165) is 12.8 Å². The Morgan fingerprint density at radius 2 is 1.38 bits per heavy atom. The van der Waals surface area contributed by atoms with Gasteiger partial charge in [-0.1, -0.05) is 0 Å². The average Bonchev–Trinajstić information content (AvgIpc) is 2.52. The number of methoxy groups -OCH3 is 6. The molecule has 0 radical (unpaired) electrons. The van der Waals surface area contributed by atoms with E-state index in [2.05, 4.69) is 0 Å². The van der Waals surface area contributed by atoms with E-state index in [1.54, 1.807) is 42.7 Å². The smallest absolute Gasteiger partial charge is 0.167 e. The van der Waals surface area contributed by atoms with Crippen LogP contribution in [0.5, 0.6) is 0 Å². The van der Waals surface area contributed by atoms with Crippen molar-refractivity contribution in [3.05, 3.63) is 0 Å². The zero-order chi connectivity index (χ0) is 16.3. The second-order valence-electron chi connectivity index (χ2n) is 5.21. The molecular weight excluding hydrogens is 276 g/mol. The molecule has 0 aromatic rings. The maximum Gasteiger partial charge on any atom is 0.167 e. The molecule has 6 heteroatoms. The van der Waals surface area contributed by atoms with E-state index in [4.69, 9.17) is 28.4 Å². The zero-order valence-corrected chi connectivity index (χ0v) is 14.5. The van der Waals surface area contributed by atoms with Crippen molar-refractivity contribution in [1.82, 2.24) is 0 Å². The Hall–Kier alpha value is -0.240. The number of ether oxygens (including phenoxy) is 6. The summed E-state index contributed by atoms with van der Waals surface area (Å²) in [6.07, 6.45) is 2.01. The quantitative estimate of drug-likeness (QED) is 0.486.